The first kappa shape index (κ1) is 14.8. The van der Waals surface area contributed by atoms with Crippen LogP contribution in [0.5, 0.6) is 0 Å². The Hall–Kier alpha value is -2.61. The van der Waals surface area contributed by atoms with Crippen molar-refractivity contribution in [2.75, 3.05) is 11.1 Å². The van der Waals surface area contributed by atoms with E-state index < -0.39 is 11.8 Å². The van der Waals surface area contributed by atoms with E-state index in [1.807, 2.05) is 0 Å². The number of hydrogen-bond acceptors (Lipinski definition) is 5. The van der Waals surface area contributed by atoms with Crippen molar-refractivity contribution in [2.45, 2.75) is 6.54 Å². The van der Waals surface area contributed by atoms with Crippen LogP contribution >= 0.6 is 11.3 Å². The van der Waals surface area contributed by atoms with Crippen LogP contribution in [0.15, 0.2) is 24.3 Å². The van der Waals surface area contributed by atoms with Gasteiger partial charge >= 0.3 is 0 Å². The third kappa shape index (κ3) is 3.11. The molecule has 0 atom stereocenters. The summed E-state index contributed by atoms with van der Waals surface area (Å²) in [5.74, 6) is -1.82. The Morgan fingerprint density at radius 3 is 2.29 bits per heavy atom. The van der Waals surface area contributed by atoms with E-state index in [0.29, 0.717) is 11.5 Å². The first-order valence-electron chi connectivity index (χ1n) is 5.90. The van der Waals surface area contributed by atoms with E-state index in [1.165, 1.54) is 12.1 Å². The van der Waals surface area contributed by atoms with Crippen molar-refractivity contribution in [3.8, 4) is 0 Å². The lowest BCUT2D eigenvalue weighted by molar-refractivity contribution is 0.0999. The highest BCUT2D eigenvalue weighted by Crippen LogP contribution is 2.35. The second-order valence-electron chi connectivity index (χ2n) is 4.26. The summed E-state index contributed by atoms with van der Waals surface area (Å²) in [6, 6.07) is 5.84. The SMILES string of the molecule is NC(=O)c1sc(NCc2ccc(F)cc2)c(C(N)=O)c1N. The van der Waals surface area contributed by atoms with E-state index in [1.54, 1.807) is 12.1 Å². The zero-order valence-corrected chi connectivity index (χ0v) is 11.7. The third-order valence-corrected chi connectivity index (χ3v) is 3.96. The predicted molar refractivity (Wildman–Crippen MR) is 79.5 cm³/mol. The molecule has 2 aromatic rings. The standard InChI is InChI=1S/C13H13FN4O2S/c14-7-3-1-6(2-4-7)5-18-13-8(11(16)19)9(15)10(21-13)12(17)20/h1-4,18H,5,15H2,(H2,16,19)(H2,17,20). The van der Waals surface area contributed by atoms with E-state index in [2.05, 4.69) is 5.32 Å². The van der Waals surface area contributed by atoms with Crippen molar-refractivity contribution in [3.05, 3.63) is 46.1 Å². The van der Waals surface area contributed by atoms with Gasteiger partial charge in [-0.3, -0.25) is 9.59 Å². The smallest absolute Gasteiger partial charge is 0.260 e. The molecule has 110 valence electrons. The summed E-state index contributed by atoms with van der Waals surface area (Å²) in [5, 5.41) is 3.31. The summed E-state index contributed by atoms with van der Waals surface area (Å²) >= 11 is 0.959. The molecule has 2 rings (SSSR count). The molecule has 1 aromatic carbocycles. The largest absolute Gasteiger partial charge is 0.397 e. The summed E-state index contributed by atoms with van der Waals surface area (Å²) in [4.78, 5) is 22.8. The van der Waals surface area contributed by atoms with Gasteiger partial charge in [-0.05, 0) is 17.7 Å². The van der Waals surface area contributed by atoms with Crippen molar-refractivity contribution in [3.63, 3.8) is 0 Å². The quantitative estimate of drug-likeness (QED) is 0.664. The van der Waals surface area contributed by atoms with Crippen LogP contribution < -0.4 is 22.5 Å². The number of hydrogen-bond donors (Lipinski definition) is 4. The molecule has 0 spiro atoms. The predicted octanol–water partition coefficient (Wildman–Crippen LogP) is 1.28. The van der Waals surface area contributed by atoms with Crippen LogP contribution in [0.3, 0.4) is 0 Å². The molecule has 1 aromatic heterocycles. The van der Waals surface area contributed by atoms with Gasteiger partial charge in [0.2, 0.25) is 0 Å². The number of thiophene rings is 1. The highest BCUT2D eigenvalue weighted by atomic mass is 32.1. The molecule has 0 saturated heterocycles. The summed E-state index contributed by atoms with van der Waals surface area (Å²) < 4.78 is 12.8. The van der Waals surface area contributed by atoms with Gasteiger partial charge in [0.1, 0.15) is 15.7 Å². The molecule has 0 bridgehead atoms. The van der Waals surface area contributed by atoms with Gasteiger partial charge in [0.05, 0.1) is 11.3 Å². The summed E-state index contributed by atoms with van der Waals surface area (Å²) in [5.41, 5.74) is 17.0. The van der Waals surface area contributed by atoms with Crippen LogP contribution in [0.2, 0.25) is 0 Å². The van der Waals surface area contributed by atoms with Crippen LogP contribution in [0.1, 0.15) is 25.6 Å². The molecular weight excluding hydrogens is 295 g/mol. The molecule has 0 aliphatic rings. The number of nitrogen functional groups attached to an aromatic ring is 1. The maximum absolute atomic E-state index is 12.8. The average molecular weight is 308 g/mol. The fraction of sp³-hybridized carbons (Fsp3) is 0.0769. The lowest BCUT2D eigenvalue weighted by Gasteiger charge is -2.06. The van der Waals surface area contributed by atoms with Crippen LogP contribution in [0, 0.1) is 5.82 Å². The van der Waals surface area contributed by atoms with Gasteiger partial charge in [0.25, 0.3) is 11.8 Å². The molecule has 0 saturated carbocycles. The molecule has 0 radical (unpaired) electrons. The molecule has 0 aliphatic carbocycles. The number of nitrogens with one attached hydrogen (secondary N) is 1. The number of rotatable bonds is 5. The molecule has 8 heteroatoms. The van der Waals surface area contributed by atoms with Gasteiger partial charge in [-0.2, -0.15) is 0 Å². The van der Waals surface area contributed by atoms with Gasteiger partial charge < -0.3 is 22.5 Å². The molecule has 6 nitrogen and oxygen atoms in total. The molecule has 7 N–H and O–H groups in total. The van der Waals surface area contributed by atoms with Crippen LogP contribution in [0.25, 0.3) is 0 Å². The highest BCUT2D eigenvalue weighted by molar-refractivity contribution is 7.19. The van der Waals surface area contributed by atoms with Gasteiger partial charge in [-0.15, -0.1) is 11.3 Å². The first-order valence-corrected chi connectivity index (χ1v) is 6.72. The van der Waals surface area contributed by atoms with Crippen LogP contribution in [-0.2, 0) is 6.54 Å². The second kappa shape index (κ2) is 5.80. The number of nitrogens with two attached hydrogens (primary N) is 3. The zero-order valence-electron chi connectivity index (χ0n) is 10.9. The average Bonchev–Trinajstić information content (AvgIpc) is 2.75. The third-order valence-electron chi connectivity index (χ3n) is 2.78. The van der Waals surface area contributed by atoms with Crippen molar-refractivity contribution in [2.24, 2.45) is 11.5 Å². The molecule has 21 heavy (non-hydrogen) atoms. The van der Waals surface area contributed by atoms with E-state index in [4.69, 9.17) is 17.2 Å². The number of anilines is 2. The number of primary amides is 2. The van der Waals surface area contributed by atoms with Gasteiger partial charge in [0.15, 0.2) is 0 Å². The maximum Gasteiger partial charge on any atom is 0.260 e. The molecular formula is C13H13FN4O2S. The monoisotopic (exact) mass is 308 g/mol. The number of carbonyl (C=O) groups is 2. The minimum atomic E-state index is -0.752. The van der Waals surface area contributed by atoms with E-state index in [9.17, 15) is 14.0 Å². The van der Waals surface area contributed by atoms with E-state index in [-0.39, 0.29) is 21.9 Å². The van der Waals surface area contributed by atoms with Crippen LogP contribution in [-0.4, -0.2) is 11.8 Å². The van der Waals surface area contributed by atoms with Crippen molar-refractivity contribution in [1.29, 1.82) is 0 Å². The molecule has 0 aliphatic heterocycles. The number of carbonyl (C=O) groups excluding carboxylic acids is 2. The van der Waals surface area contributed by atoms with Gasteiger partial charge in [0, 0.05) is 6.54 Å². The highest BCUT2D eigenvalue weighted by Gasteiger charge is 2.22. The maximum atomic E-state index is 12.8. The Labute approximate surface area is 123 Å². The summed E-state index contributed by atoms with van der Waals surface area (Å²) in [7, 11) is 0. The Morgan fingerprint density at radius 2 is 1.76 bits per heavy atom. The lowest BCUT2D eigenvalue weighted by atomic mass is 10.2. The fourth-order valence-electron chi connectivity index (χ4n) is 1.78. The topological polar surface area (TPSA) is 124 Å². The van der Waals surface area contributed by atoms with E-state index >= 15 is 0 Å². The number of halogens is 1. The van der Waals surface area contributed by atoms with Crippen molar-refractivity contribution in [1.82, 2.24) is 0 Å². The van der Waals surface area contributed by atoms with E-state index in [0.717, 1.165) is 16.9 Å². The Bertz CT molecular complexity index is 697. The van der Waals surface area contributed by atoms with Crippen molar-refractivity contribution >= 4 is 33.8 Å². The Morgan fingerprint density at radius 1 is 1.14 bits per heavy atom. The Balaban J connectivity index is 2.27. The number of amides is 2. The second-order valence-corrected chi connectivity index (χ2v) is 5.28. The zero-order chi connectivity index (χ0) is 15.6. The minimum Gasteiger partial charge on any atom is -0.397 e. The molecule has 0 unspecified atom stereocenters. The fourth-order valence-corrected chi connectivity index (χ4v) is 2.75. The lowest BCUT2D eigenvalue weighted by Crippen LogP contribution is -2.16. The normalized spacial score (nSPS) is 10.3. The summed E-state index contributed by atoms with van der Waals surface area (Å²) in [6.07, 6.45) is 0. The number of benzene rings is 1. The van der Waals surface area contributed by atoms with Gasteiger partial charge in [-0.25, -0.2) is 4.39 Å². The van der Waals surface area contributed by atoms with Gasteiger partial charge in [-0.1, -0.05) is 12.1 Å². The van der Waals surface area contributed by atoms with Crippen molar-refractivity contribution < 1.29 is 14.0 Å². The Kier molecular flexibility index (Phi) is 4.08. The molecule has 1 heterocycles. The summed E-state index contributed by atoms with van der Waals surface area (Å²) in [6.45, 7) is 0.318. The van der Waals surface area contributed by atoms with Crippen LogP contribution in [0.4, 0.5) is 15.1 Å². The molecule has 2 amide bonds. The first-order chi connectivity index (χ1) is 9.90. The minimum absolute atomic E-state index is 0.0263. The molecule has 0 fully saturated rings.